The Balaban J connectivity index is 1.43. The lowest BCUT2D eigenvalue weighted by molar-refractivity contribution is -0.127. The normalized spacial score (nSPS) is 15.2. The topological polar surface area (TPSA) is 71.7 Å². The van der Waals surface area contributed by atoms with Crippen molar-refractivity contribution in [2.75, 3.05) is 13.1 Å². The fourth-order valence-electron chi connectivity index (χ4n) is 4.06. The van der Waals surface area contributed by atoms with Gasteiger partial charge in [0.25, 0.3) is 0 Å². The number of aromatic amines is 1. The standard InChI is InChI=1S/C22H26N6OS/c1-15-19(16(2)28(25-15)18-7-5-4-6-8-18)9-10-20(29)27-13-11-17(12-14-27)21-23-24-22(30)26(21)3/h4-10,17H,11-14H2,1-3H3,(H,24,30)/b10-9+. The van der Waals surface area contributed by atoms with Crippen LogP contribution in [0.4, 0.5) is 0 Å². The van der Waals surface area contributed by atoms with Crippen LogP contribution in [-0.4, -0.2) is 48.4 Å². The van der Waals surface area contributed by atoms with E-state index in [-0.39, 0.29) is 5.91 Å². The maximum Gasteiger partial charge on any atom is 0.246 e. The minimum absolute atomic E-state index is 0.0371. The summed E-state index contributed by atoms with van der Waals surface area (Å²) in [7, 11) is 1.93. The van der Waals surface area contributed by atoms with Crippen molar-refractivity contribution < 1.29 is 4.79 Å². The molecule has 2 aromatic heterocycles. The van der Waals surface area contributed by atoms with Gasteiger partial charge in [-0.05, 0) is 57.1 Å². The Morgan fingerprint density at radius 2 is 1.90 bits per heavy atom. The lowest BCUT2D eigenvalue weighted by Crippen LogP contribution is -2.37. The molecule has 30 heavy (non-hydrogen) atoms. The van der Waals surface area contributed by atoms with E-state index in [1.165, 1.54) is 0 Å². The van der Waals surface area contributed by atoms with Crippen LogP contribution in [0.3, 0.4) is 0 Å². The third kappa shape index (κ3) is 3.87. The minimum atomic E-state index is 0.0371. The van der Waals surface area contributed by atoms with Crippen LogP contribution in [0.2, 0.25) is 0 Å². The number of H-pyrrole nitrogens is 1. The summed E-state index contributed by atoms with van der Waals surface area (Å²) in [5, 5.41) is 11.8. The van der Waals surface area contributed by atoms with Gasteiger partial charge in [-0.1, -0.05) is 18.2 Å². The van der Waals surface area contributed by atoms with E-state index in [2.05, 4.69) is 15.3 Å². The molecule has 1 fully saturated rings. The Hall–Kier alpha value is -3.00. The summed E-state index contributed by atoms with van der Waals surface area (Å²) in [5.74, 6) is 1.34. The maximum atomic E-state index is 12.8. The Morgan fingerprint density at radius 3 is 2.53 bits per heavy atom. The quantitative estimate of drug-likeness (QED) is 0.514. The molecule has 0 unspecified atom stereocenters. The molecule has 1 N–H and O–H groups in total. The van der Waals surface area contributed by atoms with Crippen molar-refractivity contribution >= 4 is 24.2 Å². The first-order chi connectivity index (χ1) is 14.5. The van der Waals surface area contributed by atoms with Crippen LogP contribution in [0.1, 0.15) is 41.5 Å². The molecule has 1 aromatic carbocycles. The van der Waals surface area contributed by atoms with Crippen LogP contribution in [-0.2, 0) is 11.8 Å². The first kappa shape index (κ1) is 20.3. The van der Waals surface area contributed by atoms with Gasteiger partial charge in [0.15, 0.2) is 4.77 Å². The number of aromatic nitrogens is 5. The van der Waals surface area contributed by atoms with Crippen LogP contribution >= 0.6 is 12.2 Å². The molecular formula is C22H26N6OS. The fourth-order valence-corrected chi connectivity index (χ4v) is 4.20. The molecule has 0 spiro atoms. The molecule has 1 aliphatic rings. The second-order valence-electron chi connectivity index (χ2n) is 7.71. The third-order valence-corrected chi connectivity index (χ3v) is 6.19. The number of benzene rings is 1. The van der Waals surface area contributed by atoms with Crippen molar-refractivity contribution in [1.82, 2.24) is 29.4 Å². The molecule has 1 amide bonds. The van der Waals surface area contributed by atoms with Gasteiger partial charge in [-0.15, -0.1) is 0 Å². The number of aryl methyl sites for hydroxylation is 1. The number of piperidine rings is 1. The van der Waals surface area contributed by atoms with E-state index >= 15 is 0 Å². The maximum absolute atomic E-state index is 12.8. The van der Waals surface area contributed by atoms with Crippen molar-refractivity contribution in [3.05, 3.63) is 64.0 Å². The molecule has 0 atom stereocenters. The molecule has 1 saturated heterocycles. The molecule has 0 radical (unpaired) electrons. The van der Waals surface area contributed by atoms with Gasteiger partial charge in [-0.2, -0.15) is 10.2 Å². The Labute approximate surface area is 181 Å². The van der Waals surface area contributed by atoms with Crippen molar-refractivity contribution in [3.63, 3.8) is 0 Å². The number of carbonyl (C=O) groups is 1. The molecule has 1 aliphatic heterocycles. The van der Waals surface area contributed by atoms with E-state index < -0.39 is 0 Å². The summed E-state index contributed by atoms with van der Waals surface area (Å²) in [6.45, 7) is 5.43. The highest BCUT2D eigenvalue weighted by molar-refractivity contribution is 7.71. The molecule has 0 bridgehead atoms. The summed E-state index contributed by atoms with van der Waals surface area (Å²) in [6.07, 6.45) is 5.33. The molecule has 3 aromatic rings. The number of carbonyl (C=O) groups excluding carboxylic acids is 1. The highest BCUT2D eigenvalue weighted by Gasteiger charge is 2.25. The predicted octanol–water partition coefficient (Wildman–Crippen LogP) is 3.70. The summed E-state index contributed by atoms with van der Waals surface area (Å²) in [4.78, 5) is 14.7. The third-order valence-electron chi connectivity index (χ3n) is 5.83. The molecule has 8 heteroatoms. The fraction of sp³-hybridized carbons (Fsp3) is 0.364. The highest BCUT2D eigenvalue weighted by atomic mass is 32.1. The summed E-state index contributed by atoms with van der Waals surface area (Å²) in [5.41, 5.74) is 3.93. The molecular weight excluding hydrogens is 396 g/mol. The Bertz CT molecular complexity index is 1130. The highest BCUT2D eigenvalue weighted by Crippen LogP contribution is 2.26. The van der Waals surface area contributed by atoms with E-state index in [0.717, 1.165) is 41.3 Å². The molecule has 4 rings (SSSR count). The molecule has 0 aliphatic carbocycles. The summed E-state index contributed by atoms with van der Waals surface area (Å²) >= 11 is 5.21. The van der Waals surface area contributed by atoms with E-state index in [1.54, 1.807) is 6.08 Å². The number of rotatable bonds is 4. The zero-order chi connectivity index (χ0) is 21.3. The zero-order valence-corrected chi connectivity index (χ0v) is 18.3. The lowest BCUT2D eigenvalue weighted by Gasteiger charge is -2.30. The average molecular weight is 423 g/mol. The van der Waals surface area contributed by atoms with Gasteiger partial charge in [0.2, 0.25) is 5.91 Å². The van der Waals surface area contributed by atoms with Crippen molar-refractivity contribution in [3.8, 4) is 5.69 Å². The summed E-state index contributed by atoms with van der Waals surface area (Å²) < 4.78 is 4.48. The van der Waals surface area contributed by atoms with Crippen LogP contribution < -0.4 is 0 Å². The van der Waals surface area contributed by atoms with Gasteiger partial charge in [0.05, 0.1) is 11.4 Å². The molecule has 156 valence electrons. The molecule has 0 saturated carbocycles. The van der Waals surface area contributed by atoms with Crippen molar-refractivity contribution in [1.29, 1.82) is 0 Å². The van der Waals surface area contributed by atoms with Gasteiger partial charge >= 0.3 is 0 Å². The number of amides is 1. The zero-order valence-electron chi connectivity index (χ0n) is 17.5. The Kier molecular flexibility index (Phi) is 5.67. The first-order valence-corrected chi connectivity index (χ1v) is 10.6. The van der Waals surface area contributed by atoms with Gasteiger partial charge in [0, 0.05) is 43.4 Å². The number of likely N-dealkylation sites (tertiary alicyclic amines) is 1. The number of nitrogens with zero attached hydrogens (tertiary/aromatic N) is 5. The Morgan fingerprint density at radius 1 is 1.20 bits per heavy atom. The molecule has 7 nitrogen and oxygen atoms in total. The van der Waals surface area contributed by atoms with Gasteiger partial charge in [-0.25, -0.2) is 4.68 Å². The molecule has 3 heterocycles. The van der Waals surface area contributed by atoms with Crippen LogP contribution in [0.25, 0.3) is 11.8 Å². The van der Waals surface area contributed by atoms with Crippen LogP contribution in [0.5, 0.6) is 0 Å². The number of hydrogen-bond donors (Lipinski definition) is 1. The second kappa shape index (κ2) is 8.39. The second-order valence-corrected chi connectivity index (χ2v) is 8.10. The SMILES string of the molecule is Cc1nn(-c2ccccc2)c(C)c1/C=C/C(=O)N1CCC(c2n[nH]c(=S)n2C)CC1. The van der Waals surface area contributed by atoms with Crippen molar-refractivity contribution in [2.45, 2.75) is 32.6 Å². The smallest absolute Gasteiger partial charge is 0.246 e. The van der Waals surface area contributed by atoms with Crippen LogP contribution in [0.15, 0.2) is 36.4 Å². The monoisotopic (exact) mass is 422 g/mol. The van der Waals surface area contributed by atoms with Gasteiger partial charge in [-0.3, -0.25) is 9.89 Å². The van der Waals surface area contributed by atoms with Gasteiger partial charge in [0.1, 0.15) is 5.82 Å². The summed E-state index contributed by atoms with van der Waals surface area (Å²) in [6, 6.07) is 10.0. The van der Waals surface area contributed by atoms with Crippen molar-refractivity contribution in [2.24, 2.45) is 7.05 Å². The number of nitrogens with one attached hydrogen (secondary N) is 1. The van der Waals surface area contributed by atoms with Crippen LogP contribution in [0, 0.1) is 18.6 Å². The number of para-hydroxylation sites is 1. The minimum Gasteiger partial charge on any atom is -0.339 e. The van der Waals surface area contributed by atoms with E-state index in [0.29, 0.717) is 23.8 Å². The first-order valence-electron chi connectivity index (χ1n) is 10.2. The van der Waals surface area contributed by atoms with E-state index in [9.17, 15) is 4.79 Å². The van der Waals surface area contributed by atoms with Gasteiger partial charge < -0.3 is 9.47 Å². The predicted molar refractivity (Wildman–Crippen MR) is 119 cm³/mol. The van der Waals surface area contributed by atoms with E-state index in [1.807, 2.05) is 71.5 Å². The average Bonchev–Trinajstić information content (AvgIpc) is 3.25. The largest absolute Gasteiger partial charge is 0.339 e. The number of hydrogen-bond acceptors (Lipinski definition) is 4. The lowest BCUT2D eigenvalue weighted by atomic mass is 9.96. The van der Waals surface area contributed by atoms with E-state index in [4.69, 9.17) is 12.2 Å².